The third-order valence-electron chi connectivity index (χ3n) is 4.48. The molecule has 1 amide bonds. The number of benzene rings is 1. The quantitative estimate of drug-likeness (QED) is 0.797. The minimum atomic E-state index is -4.73. The lowest BCUT2D eigenvalue weighted by Gasteiger charge is -2.27. The zero-order chi connectivity index (χ0) is 20.5. The molecule has 2 heterocycles. The largest absolute Gasteiger partial charge is 0.522 e. The van der Waals surface area contributed by atoms with E-state index >= 15 is 0 Å². The first-order valence-electron chi connectivity index (χ1n) is 8.55. The molecule has 1 aromatic carbocycles. The molecule has 3 atom stereocenters. The van der Waals surface area contributed by atoms with E-state index in [1.54, 1.807) is 31.2 Å². The van der Waals surface area contributed by atoms with Gasteiger partial charge in [0.2, 0.25) is 11.8 Å². The van der Waals surface area contributed by atoms with Crippen molar-refractivity contribution >= 4 is 23.5 Å². The zero-order valence-electron chi connectivity index (χ0n) is 15.0. The molecule has 0 spiro atoms. The summed E-state index contributed by atoms with van der Waals surface area (Å²) < 4.78 is 46.9. The fraction of sp³-hybridized carbons (Fsp3) is 0.471. The molecule has 1 fully saturated rings. The number of alkyl halides is 3. The lowest BCUT2D eigenvalue weighted by atomic mass is 10.2. The van der Waals surface area contributed by atoms with Gasteiger partial charge in [0.1, 0.15) is 6.04 Å². The lowest BCUT2D eigenvalue weighted by Crippen LogP contribution is -2.45. The number of hydrogen-bond acceptors (Lipinski definition) is 6. The van der Waals surface area contributed by atoms with E-state index in [4.69, 9.17) is 16.0 Å². The van der Waals surface area contributed by atoms with Crippen LogP contribution in [-0.4, -0.2) is 52.1 Å². The molecule has 0 bridgehead atoms. The van der Waals surface area contributed by atoms with Gasteiger partial charge in [0.05, 0.1) is 12.1 Å². The maximum Gasteiger partial charge on any atom is 0.522 e. The molecule has 0 saturated carbocycles. The van der Waals surface area contributed by atoms with Gasteiger partial charge in [-0.1, -0.05) is 16.7 Å². The predicted molar refractivity (Wildman–Crippen MR) is 94.5 cm³/mol. The van der Waals surface area contributed by atoms with E-state index in [1.807, 2.05) is 0 Å². The van der Waals surface area contributed by atoms with Crippen LogP contribution in [0.4, 0.5) is 19.2 Å². The molecule has 1 aliphatic rings. The van der Waals surface area contributed by atoms with E-state index in [2.05, 4.69) is 20.3 Å². The molecule has 7 nitrogen and oxygen atoms in total. The summed E-state index contributed by atoms with van der Waals surface area (Å²) in [5.41, 5.74) is 0.657. The second-order valence-corrected chi connectivity index (χ2v) is 6.88. The second kappa shape index (κ2) is 7.96. The van der Waals surface area contributed by atoms with Gasteiger partial charge in [-0.15, -0.1) is 18.3 Å². The van der Waals surface area contributed by atoms with E-state index in [0.717, 1.165) is 0 Å². The number of likely N-dealkylation sites (tertiary alicyclic amines) is 1. The topological polar surface area (TPSA) is 80.5 Å². The normalized spacial score (nSPS) is 21.0. The third-order valence-corrected chi connectivity index (χ3v) is 4.73. The number of carbonyl (C=O) groups excluding carboxylic acids is 1. The van der Waals surface area contributed by atoms with Crippen molar-refractivity contribution in [3.8, 4) is 11.5 Å². The fourth-order valence-corrected chi connectivity index (χ4v) is 3.16. The molecule has 2 aromatic rings. The van der Waals surface area contributed by atoms with Gasteiger partial charge in [-0.25, -0.2) is 0 Å². The Balaban J connectivity index is 1.61. The summed E-state index contributed by atoms with van der Waals surface area (Å²) >= 11 is 5.84. The number of aromatic nitrogens is 2. The van der Waals surface area contributed by atoms with Crippen molar-refractivity contribution in [3.05, 3.63) is 29.3 Å². The summed E-state index contributed by atoms with van der Waals surface area (Å²) in [7, 11) is 0. The Bertz CT molecular complexity index is 828. The minimum absolute atomic E-state index is 0.0285. The highest BCUT2D eigenvalue weighted by Gasteiger charge is 2.43. The molecule has 152 valence electrons. The second-order valence-electron chi connectivity index (χ2n) is 6.45. The van der Waals surface area contributed by atoms with Crippen molar-refractivity contribution in [2.24, 2.45) is 0 Å². The van der Waals surface area contributed by atoms with Gasteiger partial charge >= 0.3 is 12.4 Å². The van der Waals surface area contributed by atoms with Gasteiger partial charge in [-0.2, -0.15) is 0 Å². The van der Waals surface area contributed by atoms with Crippen LogP contribution in [0.2, 0.25) is 5.02 Å². The van der Waals surface area contributed by atoms with Crippen LogP contribution in [0.15, 0.2) is 28.7 Å². The van der Waals surface area contributed by atoms with Crippen molar-refractivity contribution in [3.63, 3.8) is 0 Å². The Labute approximate surface area is 163 Å². The van der Waals surface area contributed by atoms with Gasteiger partial charge < -0.3 is 14.6 Å². The number of rotatable bonds is 5. The van der Waals surface area contributed by atoms with E-state index in [9.17, 15) is 18.0 Å². The summed E-state index contributed by atoms with van der Waals surface area (Å²) in [6.07, 6.45) is -5.71. The first kappa shape index (κ1) is 20.4. The van der Waals surface area contributed by atoms with Crippen LogP contribution >= 0.6 is 11.6 Å². The van der Waals surface area contributed by atoms with Crippen LogP contribution in [0.3, 0.4) is 0 Å². The van der Waals surface area contributed by atoms with Crippen LogP contribution in [0.5, 0.6) is 0 Å². The number of anilines is 1. The maximum atomic E-state index is 12.6. The smallest absolute Gasteiger partial charge is 0.403 e. The third kappa shape index (κ3) is 4.74. The SMILES string of the molecule is C[C@@H](Nc1nnc(-c2ccc(Cl)cc2)o1)C(=O)N1CC[C@H](OC(F)(F)F)[C@@H]1C. The van der Waals surface area contributed by atoms with E-state index in [-0.39, 0.29) is 30.8 Å². The van der Waals surface area contributed by atoms with E-state index in [0.29, 0.717) is 10.6 Å². The fourth-order valence-electron chi connectivity index (χ4n) is 3.04. The van der Waals surface area contributed by atoms with Gasteiger partial charge in [0, 0.05) is 17.1 Å². The Hall–Kier alpha value is -2.33. The average Bonchev–Trinajstić information content (AvgIpc) is 3.21. The van der Waals surface area contributed by atoms with Crippen LogP contribution in [0.25, 0.3) is 11.5 Å². The van der Waals surface area contributed by atoms with Crippen LogP contribution in [-0.2, 0) is 9.53 Å². The van der Waals surface area contributed by atoms with Crippen molar-refractivity contribution in [2.75, 3.05) is 11.9 Å². The molecule has 0 radical (unpaired) electrons. The number of nitrogens with one attached hydrogen (secondary N) is 1. The standard InChI is InChI=1S/C17H18ClF3N4O3/c1-9(15(26)25-8-7-13(10(25)2)28-17(19,20)21)22-16-24-23-14(27-16)11-3-5-12(18)6-4-11/h3-6,9-10,13H,7-8H2,1-2H3,(H,22,24)/t9-,10+,13+/m1/s1. The highest BCUT2D eigenvalue weighted by molar-refractivity contribution is 6.30. The van der Waals surface area contributed by atoms with Gasteiger partial charge in [0.15, 0.2) is 0 Å². The summed E-state index contributed by atoms with van der Waals surface area (Å²) in [6, 6.07) is 5.32. The number of ether oxygens (including phenoxy) is 1. The van der Waals surface area contributed by atoms with Crippen molar-refractivity contribution < 1.29 is 27.1 Å². The molecule has 0 unspecified atom stereocenters. The lowest BCUT2D eigenvalue weighted by molar-refractivity contribution is -0.343. The van der Waals surface area contributed by atoms with Gasteiger partial charge in [0.25, 0.3) is 0 Å². The summed E-state index contributed by atoms with van der Waals surface area (Å²) in [5, 5.41) is 11.1. The summed E-state index contributed by atoms with van der Waals surface area (Å²) in [5.74, 6) is -0.140. The first-order valence-corrected chi connectivity index (χ1v) is 8.93. The maximum absolute atomic E-state index is 12.6. The van der Waals surface area contributed by atoms with Crippen LogP contribution < -0.4 is 5.32 Å². The number of nitrogens with zero attached hydrogens (tertiary/aromatic N) is 3. The monoisotopic (exact) mass is 418 g/mol. The minimum Gasteiger partial charge on any atom is -0.403 e. The number of hydrogen-bond donors (Lipinski definition) is 1. The highest BCUT2D eigenvalue weighted by atomic mass is 35.5. The van der Waals surface area contributed by atoms with E-state index in [1.165, 1.54) is 11.8 Å². The molecular weight excluding hydrogens is 401 g/mol. The van der Waals surface area contributed by atoms with Crippen molar-refractivity contribution in [2.45, 2.75) is 44.8 Å². The molecule has 3 rings (SSSR count). The molecule has 0 aliphatic carbocycles. The number of amides is 1. The zero-order valence-corrected chi connectivity index (χ0v) is 15.8. The molecule has 11 heteroatoms. The molecule has 1 saturated heterocycles. The Morgan fingerprint density at radius 2 is 2.04 bits per heavy atom. The molecule has 1 aliphatic heterocycles. The molecule has 28 heavy (non-hydrogen) atoms. The Morgan fingerprint density at radius 1 is 1.36 bits per heavy atom. The van der Waals surface area contributed by atoms with Crippen molar-refractivity contribution in [1.82, 2.24) is 15.1 Å². The molecule has 1 N–H and O–H groups in total. The Kier molecular flexibility index (Phi) is 5.80. The highest BCUT2D eigenvalue weighted by Crippen LogP contribution is 2.29. The van der Waals surface area contributed by atoms with Crippen molar-refractivity contribution in [1.29, 1.82) is 0 Å². The first-order chi connectivity index (χ1) is 13.1. The average molecular weight is 419 g/mol. The summed E-state index contributed by atoms with van der Waals surface area (Å²) in [4.78, 5) is 14.0. The number of carbonyl (C=O) groups is 1. The van der Waals surface area contributed by atoms with Gasteiger partial charge in [-0.05, 0) is 44.5 Å². The summed E-state index contributed by atoms with van der Waals surface area (Å²) in [6.45, 7) is 3.27. The van der Waals surface area contributed by atoms with Crippen LogP contribution in [0.1, 0.15) is 20.3 Å². The number of halogens is 4. The molecular formula is C17H18ClF3N4O3. The Morgan fingerprint density at radius 3 is 2.68 bits per heavy atom. The van der Waals surface area contributed by atoms with Gasteiger partial charge in [-0.3, -0.25) is 9.53 Å². The molecule has 1 aromatic heterocycles. The van der Waals surface area contributed by atoms with E-state index < -0.39 is 24.6 Å². The predicted octanol–water partition coefficient (Wildman–Crippen LogP) is 3.72. The van der Waals surface area contributed by atoms with Crippen LogP contribution in [0, 0.1) is 0 Å².